The fraction of sp³-hybridized carbons (Fsp3) is 0.636. The number of hydrogen-bond donors (Lipinski definition) is 2. The van der Waals surface area contributed by atoms with Gasteiger partial charge in [-0.1, -0.05) is 0 Å². The van der Waals surface area contributed by atoms with E-state index >= 15 is 0 Å². The van der Waals surface area contributed by atoms with E-state index in [-0.39, 0.29) is 11.9 Å². The van der Waals surface area contributed by atoms with E-state index in [9.17, 15) is 4.79 Å². The minimum atomic E-state index is -0.362. The maximum atomic E-state index is 11.7. The first-order valence-corrected chi connectivity index (χ1v) is 5.98. The summed E-state index contributed by atoms with van der Waals surface area (Å²) in [5, 5.41) is 3.27. The van der Waals surface area contributed by atoms with Crippen LogP contribution < -0.4 is 11.1 Å². The van der Waals surface area contributed by atoms with Crippen LogP contribution in [0, 0.1) is 0 Å². The molecule has 1 aromatic heterocycles. The molecule has 1 unspecified atom stereocenters. The lowest BCUT2D eigenvalue weighted by molar-refractivity contribution is -0.124. The van der Waals surface area contributed by atoms with Crippen molar-refractivity contribution in [3.63, 3.8) is 0 Å². The third-order valence-electron chi connectivity index (χ3n) is 3.15. The van der Waals surface area contributed by atoms with Gasteiger partial charge >= 0.3 is 0 Å². The first-order chi connectivity index (χ1) is 8.24. The molecule has 0 aromatic carbocycles. The van der Waals surface area contributed by atoms with E-state index < -0.39 is 0 Å². The zero-order valence-corrected chi connectivity index (χ0v) is 10.1. The molecule has 1 aliphatic heterocycles. The molecule has 1 aliphatic rings. The van der Waals surface area contributed by atoms with Gasteiger partial charge in [0.25, 0.3) is 0 Å². The highest BCUT2D eigenvalue weighted by atomic mass is 16.1. The maximum Gasteiger partial charge on any atom is 0.240 e. The number of piperazine rings is 1. The lowest BCUT2D eigenvalue weighted by Gasteiger charge is -2.33. The van der Waals surface area contributed by atoms with Crippen molar-refractivity contribution in [2.45, 2.75) is 19.5 Å². The van der Waals surface area contributed by atoms with Gasteiger partial charge in [-0.25, -0.2) is 4.98 Å². The second kappa shape index (κ2) is 5.29. The molecule has 17 heavy (non-hydrogen) atoms. The van der Waals surface area contributed by atoms with E-state index in [4.69, 9.17) is 5.73 Å². The molecule has 0 radical (unpaired) electrons. The number of rotatable bonds is 4. The lowest BCUT2D eigenvalue weighted by Crippen LogP contribution is -2.49. The van der Waals surface area contributed by atoms with Crippen LogP contribution in [0.1, 0.15) is 18.7 Å². The van der Waals surface area contributed by atoms with Crippen LogP contribution in [-0.4, -0.2) is 46.5 Å². The Bertz CT molecular complexity index is 383. The van der Waals surface area contributed by atoms with Gasteiger partial charge in [-0.05, 0) is 6.92 Å². The highest BCUT2D eigenvalue weighted by Gasteiger charge is 2.29. The molecule has 6 nitrogen and oxygen atoms in total. The Labute approximate surface area is 101 Å². The minimum absolute atomic E-state index is 0.304. The first-order valence-electron chi connectivity index (χ1n) is 5.98. The molecule has 1 aromatic rings. The summed E-state index contributed by atoms with van der Waals surface area (Å²) in [6, 6.07) is -0.362. The second-order valence-electron chi connectivity index (χ2n) is 4.20. The molecule has 0 saturated carbocycles. The molecular weight excluding hydrogens is 218 g/mol. The van der Waals surface area contributed by atoms with Gasteiger partial charge in [-0.3, -0.25) is 9.69 Å². The lowest BCUT2D eigenvalue weighted by atomic mass is 10.1. The van der Waals surface area contributed by atoms with Crippen molar-refractivity contribution in [1.29, 1.82) is 0 Å². The summed E-state index contributed by atoms with van der Waals surface area (Å²) in [5.74, 6) is -0.304. The molecular formula is C11H19N5O. The number of nitrogens with two attached hydrogens (primary N) is 1. The van der Waals surface area contributed by atoms with Crippen LogP contribution in [-0.2, 0) is 11.3 Å². The number of nitrogens with zero attached hydrogens (tertiary/aromatic N) is 3. The third kappa shape index (κ3) is 2.48. The number of amides is 1. The van der Waals surface area contributed by atoms with Crippen LogP contribution in [0.3, 0.4) is 0 Å². The molecule has 2 rings (SSSR count). The van der Waals surface area contributed by atoms with Crippen molar-refractivity contribution in [3.8, 4) is 0 Å². The van der Waals surface area contributed by atoms with Crippen LogP contribution in [0.5, 0.6) is 0 Å². The Kier molecular flexibility index (Phi) is 3.75. The molecule has 1 fully saturated rings. The van der Waals surface area contributed by atoms with Gasteiger partial charge in [0, 0.05) is 32.7 Å². The molecule has 1 atom stereocenters. The summed E-state index contributed by atoms with van der Waals surface area (Å²) in [5.41, 5.74) is 6.43. The number of aromatic nitrogens is 2. The summed E-state index contributed by atoms with van der Waals surface area (Å²) in [7, 11) is 0. The number of imidazole rings is 1. The highest BCUT2D eigenvalue weighted by Crippen LogP contribution is 2.20. The van der Waals surface area contributed by atoms with Crippen molar-refractivity contribution in [2.24, 2.45) is 5.73 Å². The summed E-state index contributed by atoms with van der Waals surface area (Å²) in [4.78, 5) is 17.9. The van der Waals surface area contributed by atoms with E-state index in [0.717, 1.165) is 38.4 Å². The topological polar surface area (TPSA) is 76.2 Å². The van der Waals surface area contributed by atoms with Crippen molar-refractivity contribution in [3.05, 3.63) is 18.2 Å². The number of hydrogen-bond acceptors (Lipinski definition) is 4. The molecule has 94 valence electrons. The van der Waals surface area contributed by atoms with Crippen LogP contribution in [0.15, 0.2) is 12.5 Å². The Balaban J connectivity index is 2.25. The zero-order valence-electron chi connectivity index (χ0n) is 10.1. The molecule has 0 spiro atoms. The normalized spacial score (nSPS) is 19.1. The maximum absolute atomic E-state index is 11.7. The molecule has 3 N–H and O–H groups in total. The van der Waals surface area contributed by atoms with Gasteiger partial charge in [0.2, 0.25) is 5.91 Å². The zero-order chi connectivity index (χ0) is 12.3. The molecule has 2 heterocycles. The molecule has 6 heteroatoms. The average Bonchev–Trinajstić information content (AvgIpc) is 2.78. The quantitative estimate of drug-likeness (QED) is 0.728. The van der Waals surface area contributed by atoms with Gasteiger partial charge in [0.1, 0.15) is 6.04 Å². The van der Waals surface area contributed by atoms with Crippen LogP contribution in [0.4, 0.5) is 0 Å². The molecule has 0 bridgehead atoms. The second-order valence-corrected chi connectivity index (χ2v) is 4.20. The Morgan fingerprint density at radius 1 is 1.59 bits per heavy atom. The molecule has 1 saturated heterocycles. The average molecular weight is 237 g/mol. The van der Waals surface area contributed by atoms with E-state index in [0.29, 0.717) is 0 Å². The van der Waals surface area contributed by atoms with Gasteiger partial charge in [-0.15, -0.1) is 0 Å². The van der Waals surface area contributed by atoms with E-state index in [1.807, 2.05) is 11.5 Å². The summed E-state index contributed by atoms with van der Waals surface area (Å²) < 4.78 is 1.97. The minimum Gasteiger partial charge on any atom is -0.368 e. The number of nitrogens with one attached hydrogen (secondary N) is 1. The van der Waals surface area contributed by atoms with Crippen LogP contribution >= 0.6 is 0 Å². The Hall–Kier alpha value is -1.40. The fourth-order valence-corrected chi connectivity index (χ4v) is 2.28. The smallest absolute Gasteiger partial charge is 0.240 e. The fourth-order valence-electron chi connectivity index (χ4n) is 2.28. The summed E-state index contributed by atoms with van der Waals surface area (Å²) in [6.45, 7) is 6.28. The predicted octanol–water partition coefficient (Wildman–Crippen LogP) is -0.665. The SMILES string of the molecule is CCn1cncc1C(C(N)=O)N1CCNCC1. The van der Waals surface area contributed by atoms with E-state index in [2.05, 4.69) is 15.2 Å². The third-order valence-corrected chi connectivity index (χ3v) is 3.15. The van der Waals surface area contributed by atoms with Crippen LogP contribution in [0.2, 0.25) is 0 Å². The summed E-state index contributed by atoms with van der Waals surface area (Å²) in [6.07, 6.45) is 3.48. The standard InChI is InChI=1S/C11H19N5O/c1-2-15-8-14-7-9(15)10(11(12)17)16-5-3-13-4-6-16/h7-8,10,13H,2-6H2,1H3,(H2,12,17). The number of carbonyl (C=O) groups excluding carboxylic acids is 1. The predicted molar refractivity (Wildman–Crippen MR) is 64.3 cm³/mol. The van der Waals surface area contributed by atoms with Gasteiger partial charge in [-0.2, -0.15) is 0 Å². The largest absolute Gasteiger partial charge is 0.368 e. The van der Waals surface area contributed by atoms with Gasteiger partial charge in [0.05, 0.1) is 18.2 Å². The monoisotopic (exact) mass is 237 g/mol. The highest BCUT2D eigenvalue weighted by molar-refractivity contribution is 5.81. The molecule has 1 amide bonds. The number of aryl methyl sites for hydroxylation is 1. The van der Waals surface area contributed by atoms with E-state index in [1.165, 1.54) is 0 Å². The van der Waals surface area contributed by atoms with Gasteiger partial charge < -0.3 is 15.6 Å². The first kappa shape index (κ1) is 12.1. The number of carbonyl (C=O) groups is 1. The van der Waals surface area contributed by atoms with Crippen molar-refractivity contribution in [2.75, 3.05) is 26.2 Å². The van der Waals surface area contributed by atoms with Crippen LogP contribution in [0.25, 0.3) is 0 Å². The summed E-state index contributed by atoms with van der Waals surface area (Å²) >= 11 is 0. The molecule has 0 aliphatic carbocycles. The van der Waals surface area contributed by atoms with Crippen molar-refractivity contribution < 1.29 is 4.79 Å². The van der Waals surface area contributed by atoms with Gasteiger partial charge in [0.15, 0.2) is 0 Å². The van der Waals surface area contributed by atoms with Crippen molar-refractivity contribution in [1.82, 2.24) is 19.8 Å². The van der Waals surface area contributed by atoms with Crippen molar-refractivity contribution >= 4 is 5.91 Å². The Morgan fingerprint density at radius 3 is 2.88 bits per heavy atom. The van der Waals surface area contributed by atoms with E-state index in [1.54, 1.807) is 12.5 Å². The Morgan fingerprint density at radius 2 is 2.29 bits per heavy atom. The number of primary amides is 1.